The van der Waals surface area contributed by atoms with Gasteiger partial charge in [0.05, 0.1) is 38.6 Å². The van der Waals surface area contributed by atoms with Crippen molar-refractivity contribution in [1.29, 1.82) is 0 Å². The molecule has 0 saturated carbocycles. The van der Waals surface area contributed by atoms with Gasteiger partial charge in [-0.15, -0.1) is 0 Å². The summed E-state index contributed by atoms with van der Waals surface area (Å²) in [5.74, 6) is -3.95. The Bertz CT molecular complexity index is 1290. The second-order valence-corrected chi connectivity index (χ2v) is 16.0. The van der Waals surface area contributed by atoms with Gasteiger partial charge in [-0.2, -0.15) is 0 Å². The minimum atomic E-state index is -4.31. The third-order valence-corrected chi connectivity index (χ3v) is 12.2. The van der Waals surface area contributed by atoms with Crippen LogP contribution in [0.25, 0.3) is 0 Å². The molecular weight excluding hydrogens is 686 g/mol. The molecule has 0 heterocycles. The van der Waals surface area contributed by atoms with E-state index in [9.17, 15) is 33.1 Å². The summed E-state index contributed by atoms with van der Waals surface area (Å²) in [7, 11) is -8.62. The van der Waals surface area contributed by atoms with Gasteiger partial charge in [0, 0.05) is 12.8 Å². The zero-order valence-corrected chi connectivity index (χ0v) is 31.2. The molecule has 2 amide bonds. The molecule has 0 bridgehead atoms. The molecule has 49 heavy (non-hydrogen) atoms. The SMILES string of the molecule is CCOC(=O)C(CC(P(=O)(OCC)OCC)P(=O)(OCC)OCC)NC(=O)CCC(NC(=O)OC(C)(C)C)C(=O)OC(=O)c1ccccc1. The van der Waals surface area contributed by atoms with E-state index in [-0.39, 0.29) is 38.6 Å². The van der Waals surface area contributed by atoms with Gasteiger partial charge in [0.25, 0.3) is 0 Å². The molecule has 0 fully saturated rings. The monoisotopic (exact) mass is 736 g/mol. The predicted octanol–water partition coefficient (Wildman–Crippen LogP) is 5.34. The van der Waals surface area contributed by atoms with Crippen LogP contribution in [0.4, 0.5) is 4.79 Å². The highest BCUT2D eigenvalue weighted by Gasteiger charge is 2.52. The van der Waals surface area contributed by atoms with E-state index in [2.05, 4.69) is 10.6 Å². The third kappa shape index (κ3) is 15.1. The van der Waals surface area contributed by atoms with Crippen LogP contribution in [0.15, 0.2) is 30.3 Å². The zero-order valence-electron chi connectivity index (χ0n) is 29.4. The molecule has 0 aliphatic heterocycles. The molecule has 2 N–H and O–H groups in total. The van der Waals surface area contributed by atoms with Crippen LogP contribution in [0.1, 0.15) is 85.0 Å². The number of carbonyl (C=O) groups is 5. The van der Waals surface area contributed by atoms with Crippen LogP contribution < -0.4 is 10.6 Å². The fraction of sp³-hybridized carbons (Fsp3) is 0.645. The summed E-state index contributed by atoms with van der Waals surface area (Å²) >= 11 is 0. The molecule has 0 aromatic heterocycles. The van der Waals surface area contributed by atoms with Gasteiger partial charge in [0.1, 0.15) is 17.7 Å². The first-order chi connectivity index (χ1) is 23.0. The van der Waals surface area contributed by atoms with Crippen molar-refractivity contribution in [3.8, 4) is 0 Å². The first kappa shape index (κ1) is 43.9. The van der Waals surface area contributed by atoms with Crippen LogP contribution in [0.2, 0.25) is 0 Å². The Morgan fingerprint density at radius 3 is 1.67 bits per heavy atom. The average Bonchev–Trinajstić information content (AvgIpc) is 3.01. The maximum absolute atomic E-state index is 14.0. The minimum Gasteiger partial charge on any atom is -0.464 e. The summed E-state index contributed by atoms with van der Waals surface area (Å²) in [4.78, 5) is 64.5. The summed E-state index contributed by atoms with van der Waals surface area (Å²) in [6, 6.07) is 4.54. The van der Waals surface area contributed by atoms with Gasteiger partial charge in [-0.3, -0.25) is 13.9 Å². The summed E-state index contributed by atoms with van der Waals surface area (Å²) in [5.41, 5.74) is -0.867. The van der Waals surface area contributed by atoms with Crippen LogP contribution in [-0.2, 0) is 55.8 Å². The Morgan fingerprint density at radius 1 is 0.714 bits per heavy atom. The molecule has 0 aliphatic rings. The molecule has 1 aromatic rings. The van der Waals surface area contributed by atoms with Gasteiger partial charge in [-0.1, -0.05) is 18.2 Å². The zero-order chi connectivity index (χ0) is 37.3. The summed E-state index contributed by atoms with van der Waals surface area (Å²) in [6.07, 6.45) is -2.53. The van der Waals surface area contributed by atoms with Crippen molar-refractivity contribution in [2.45, 2.75) is 97.7 Å². The molecule has 0 aliphatic carbocycles. The number of hydrogen-bond acceptors (Lipinski definition) is 14. The molecule has 1 aromatic carbocycles. The lowest BCUT2D eigenvalue weighted by Crippen LogP contribution is -2.47. The lowest BCUT2D eigenvalue weighted by molar-refractivity contribution is -0.147. The summed E-state index contributed by atoms with van der Waals surface area (Å²) < 4.78 is 65.2. The van der Waals surface area contributed by atoms with Gasteiger partial charge in [0.15, 0.2) is 5.40 Å². The standard InChI is InChI=1S/C31H50N2O14P2/c1-9-41-28(36)24(21-26(48(39,42-10-2)43-11-3)49(40,44-12-4)45-13-5)32-25(34)20-19-23(33-30(38)47-31(6,7)8)29(37)46-27(35)22-17-15-14-16-18-22/h14-18,23-24,26H,9-13,19-21H2,1-8H3,(H,32,34)(H,33,38). The molecule has 278 valence electrons. The lowest BCUT2D eigenvalue weighted by atomic mass is 10.1. The average molecular weight is 737 g/mol. The molecule has 1 rings (SSSR count). The molecule has 18 heteroatoms. The largest absolute Gasteiger partial charge is 0.464 e. The fourth-order valence-corrected chi connectivity index (χ4v) is 9.67. The van der Waals surface area contributed by atoms with Crippen LogP contribution in [0, 0.1) is 0 Å². The van der Waals surface area contributed by atoms with E-state index in [1.54, 1.807) is 66.7 Å². The van der Waals surface area contributed by atoms with E-state index in [1.165, 1.54) is 19.1 Å². The number of rotatable bonds is 21. The van der Waals surface area contributed by atoms with Gasteiger partial charge in [0.2, 0.25) is 5.91 Å². The first-order valence-electron chi connectivity index (χ1n) is 16.0. The van der Waals surface area contributed by atoms with Crippen LogP contribution in [0.3, 0.4) is 0 Å². The fourth-order valence-electron chi connectivity index (χ4n) is 4.27. The van der Waals surface area contributed by atoms with Gasteiger partial charge in [-0.05, 0) is 73.9 Å². The number of ether oxygens (including phenoxy) is 3. The van der Waals surface area contributed by atoms with E-state index in [0.717, 1.165) is 0 Å². The van der Waals surface area contributed by atoms with Crippen molar-refractivity contribution in [2.75, 3.05) is 33.0 Å². The molecule has 0 saturated heterocycles. The normalized spacial score (nSPS) is 13.2. The molecule has 0 radical (unpaired) electrons. The van der Waals surface area contributed by atoms with E-state index < -0.39 is 87.4 Å². The molecular formula is C31H50N2O14P2. The number of benzene rings is 1. The van der Waals surface area contributed by atoms with E-state index in [0.29, 0.717) is 0 Å². The number of esters is 3. The van der Waals surface area contributed by atoms with Gasteiger partial charge in [-0.25, -0.2) is 19.2 Å². The highest BCUT2D eigenvalue weighted by Crippen LogP contribution is 2.71. The van der Waals surface area contributed by atoms with Crippen molar-refractivity contribution >= 4 is 45.1 Å². The minimum absolute atomic E-state index is 0.0734. The first-order valence-corrected chi connectivity index (χ1v) is 19.2. The van der Waals surface area contributed by atoms with E-state index in [4.69, 9.17) is 32.3 Å². The van der Waals surface area contributed by atoms with Crippen molar-refractivity contribution in [3.05, 3.63) is 35.9 Å². The maximum atomic E-state index is 14.0. The lowest BCUT2D eigenvalue weighted by Gasteiger charge is -2.33. The summed E-state index contributed by atoms with van der Waals surface area (Å²) in [5, 5.41) is 3.11. The third-order valence-electron chi connectivity index (χ3n) is 6.16. The van der Waals surface area contributed by atoms with Gasteiger partial charge < -0.3 is 42.9 Å². The predicted molar refractivity (Wildman–Crippen MR) is 178 cm³/mol. The molecule has 2 atom stereocenters. The smallest absolute Gasteiger partial charge is 0.408 e. The number of carbonyl (C=O) groups excluding carboxylic acids is 5. The summed E-state index contributed by atoms with van der Waals surface area (Å²) in [6.45, 7) is 11.9. The van der Waals surface area contributed by atoms with Crippen molar-refractivity contribution < 1.29 is 65.4 Å². The second-order valence-electron chi connectivity index (χ2n) is 11.2. The quantitative estimate of drug-likeness (QED) is 0.0707. The highest BCUT2D eigenvalue weighted by molar-refractivity contribution is 7.72. The maximum Gasteiger partial charge on any atom is 0.408 e. The number of nitrogens with one attached hydrogen (secondary N) is 2. The Balaban J connectivity index is 3.36. The van der Waals surface area contributed by atoms with E-state index >= 15 is 0 Å². The Labute approximate surface area is 287 Å². The molecule has 2 unspecified atom stereocenters. The van der Waals surface area contributed by atoms with Crippen molar-refractivity contribution in [2.24, 2.45) is 0 Å². The molecule has 0 spiro atoms. The topological polar surface area (TPSA) is 208 Å². The van der Waals surface area contributed by atoms with Gasteiger partial charge >= 0.3 is 39.2 Å². The number of amides is 2. The van der Waals surface area contributed by atoms with Crippen LogP contribution in [0.5, 0.6) is 0 Å². The van der Waals surface area contributed by atoms with Crippen molar-refractivity contribution in [1.82, 2.24) is 10.6 Å². The Morgan fingerprint density at radius 2 is 1.22 bits per heavy atom. The number of alkyl carbamates (subject to hydrolysis) is 1. The highest BCUT2D eigenvalue weighted by atomic mass is 31.2. The number of hydrogen-bond donors (Lipinski definition) is 2. The van der Waals surface area contributed by atoms with Crippen molar-refractivity contribution in [3.63, 3.8) is 0 Å². The Hall–Kier alpha value is -3.13. The van der Waals surface area contributed by atoms with Crippen LogP contribution in [-0.4, -0.2) is 86.0 Å². The van der Waals surface area contributed by atoms with Crippen LogP contribution >= 0.6 is 15.2 Å². The Kier molecular flexibility index (Phi) is 19.0. The van der Waals surface area contributed by atoms with E-state index in [1.807, 2.05) is 0 Å². The second kappa shape index (κ2) is 21.2. The molecule has 16 nitrogen and oxygen atoms in total.